The van der Waals surface area contributed by atoms with Crippen molar-refractivity contribution in [3.05, 3.63) is 65.6 Å². The molecule has 132 valence electrons. The molecule has 7 heteroatoms. The molecule has 0 aliphatic rings. The maximum Gasteiger partial charge on any atom is 0.233 e. The molecule has 0 spiro atoms. The van der Waals surface area contributed by atoms with Gasteiger partial charge in [-0.25, -0.2) is 13.1 Å². The van der Waals surface area contributed by atoms with Crippen LogP contribution in [0.2, 0.25) is 0 Å². The summed E-state index contributed by atoms with van der Waals surface area (Å²) in [5, 5.41) is 3.78. The lowest BCUT2D eigenvalue weighted by Gasteiger charge is -2.06. The van der Waals surface area contributed by atoms with Crippen molar-refractivity contribution in [1.29, 1.82) is 0 Å². The van der Waals surface area contributed by atoms with Gasteiger partial charge in [0.15, 0.2) is 0 Å². The Balaban J connectivity index is 1.78. The molecule has 1 amide bonds. The van der Waals surface area contributed by atoms with Crippen LogP contribution in [0.5, 0.6) is 5.75 Å². The van der Waals surface area contributed by atoms with Crippen LogP contribution in [0.25, 0.3) is 6.08 Å². The summed E-state index contributed by atoms with van der Waals surface area (Å²) in [7, 11) is -2.02. The van der Waals surface area contributed by atoms with E-state index in [1.165, 1.54) is 6.08 Å². The fourth-order valence-corrected chi connectivity index (χ4v) is 2.80. The van der Waals surface area contributed by atoms with Crippen LogP contribution in [0.3, 0.4) is 0 Å². The third-order valence-electron chi connectivity index (χ3n) is 3.27. The number of hydrogen-bond acceptors (Lipinski definition) is 4. The highest BCUT2D eigenvalue weighted by atomic mass is 32.2. The molecular weight excluding hydrogens is 340 g/mol. The normalized spacial score (nSPS) is 11.4. The number of anilines is 1. The van der Waals surface area contributed by atoms with Crippen LogP contribution in [0, 0.1) is 0 Å². The molecule has 0 radical (unpaired) electrons. The lowest BCUT2D eigenvalue weighted by Crippen LogP contribution is -2.26. The third kappa shape index (κ3) is 6.78. The Labute approximate surface area is 147 Å². The lowest BCUT2D eigenvalue weighted by atomic mass is 10.2. The second kappa shape index (κ2) is 9.00. The number of ether oxygens (including phenoxy) is 1. The van der Waals surface area contributed by atoms with E-state index < -0.39 is 10.0 Å². The van der Waals surface area contributed by atoms with E-state index >= 15 is 0 Å². The fourth-order valence-electron chi connectivity index (χ4n) is 1.99. The van der Waals surface area contributed by atoms with Crippen LogP contribution >= 0.6 is 0 Å². The Hall–Kier alpha value is -2.64. The maximum absolute atomic E-state index is 11.9. The Morgan fingerprint density at radius 2 is 1.76 bits per heavy atom. The van der Waals surface area contributed by atoms with Gasteiger partial charge in [-0.05, 0) is 35.9 Å². The molecule has 0 bridgehead atoms. The van der Waals surface area contributed by atoms with E-state index in [0.717, 1.165) is 11.0 Å². The van der Waals surface area contributed by atoms with Crippen LogP contribution in [0.4, 0.5) is 5.69 Å². The molecule has 0 atom stereocenters. The monoisotopic (exact) mass is 360 g/mol. The van der Waals surface area contributed by atoms with Gasteiger partial charge in [0.25, 0.3) is 0 Å². The van der Waals surface area contributed by atoms with Crippen molar-refractivity contribution in [1.82, 2.24) is 4.72 Å². The van der Waals surface area contributed by atoms with Gasteiger partial charge in [0.2, 0.25) is 15.9 Å². The van der Waals surface area contributed by atoms with Crippen molar-refractivity contribution < 1.29 is 17.9 Å². The molecule has 6 nitrogen and oxygen atoms in total. The van der Waals surface area contributed by atoms with Crippen molar-refractivity contribution >= 4 is 27.7 Å². The number of benzene rings is 2. The minimum atomic E-state index is -3.58. The number of methoxy groups -OCH3 is 1. The van der Waals surface area contributed by atoms with E-state index in [9.17, 15) is 13.2 Å². The number of carbonyl (C=O) groups is 1. The first-order valence-electron chi connectivity index (χ1n) is 7.65. The van der Waals surface area contributed by atoms with E-state index in [0.29, 0.717) is 11.4 Å². The third-order valence-corrected chi connectivity index (χ3v) is 4.37. The zero-order valence-corrected chi connectivity index (χ0v) is 14.6. The molecule has 2 rings (SSSR count). The molecule has 2 N–H and O–H groups in total. The van der Waals surface area contributed by atoms with Gasteiger partial charge >= 0.3 is 0 Å². The van der Waals surface area contributed by atoms with Crippen molar-refractivity contribution in [2.75, 3.05) is 19.0 Å². The zero-order chi connectivity index (χ0) is 18.1. The van der Waals surface area contributed by atoms with E-state index in [4.69, 9.17) is 4.74 Å². The average molecular weight is 360 g/mol. The molecule has 0 aliphatic heterocycles. The zero-order valence-electron chi connectivity index (χ0n) is 13.8. The minimum Gasteiger partial charge on any atom is -0.497 e. The van der Waals surface area contributed by atoms with Gasteiger partial charge < -0.3 is 10.1 Å². The second-order valence-electron chi connectivity index (χ2n) is 5.18. The molecule has 2 aromatic rings. The molecule has 0 saturated carbocycles. The van der Waals surface area contributed by atoms with Gasteiger partial charge in [-0.3, -0.25) is 4.79 Å². The van der Waals surface area contributed by atoms with Gasteiger partial charge in [0.05, 0.1) is 7.11 Å². The summed E-state index contributed by atoms with van der Waals surface area (Å²) in [4.78, 5) is 11.8. The average Bonchev–Trinajstić information content (AvgIpc) is 2.61. The largest absolute Gasteiger partial charge is 0.497 e. The summed E-state index contributed by atoms with van der Waals surface area (Å²) in [5.41, 5.74) is 1.41. The maximum atomic E-state index is 11.9. The Bertz CT molecular complexity index is 816. The van der Waals surface area contributed by atoms with Crippen molar-refractivity contribution in [3.63, 3.8) is 0 Å². The van der Waals surface area contributed by atoms with E-state index in [2.05, 4.69) is 10.0 Å². The Morgan fingerprint density at radius 1 is 1.08 bits per heavy atom. The quantitative estimate of drug-likeness (QED) is 0.758. The second-order valence-corrected chi connectivity index (χ2v) is 6.83. The van der Waals surface area contributed by atoms with E-state index in [1.807, 2.05) is 18.2 Å². The SMILES string of the molecule is COc1ccc(NC(=O)CCNS(=O)(=O)/C=C/c2ccccc2)cc1. The van der Waals surface area contributed by atoms with Gasteiger partial charge in [0.1, 0.15) is 5.75 Å². The van der Waals surface area contributed by atoms with E-state index in [-0.39, 0.29) is 18.9 Å². The molecule has 0 aromatic heterocycles. The number of hydrogen-bond donors (Lipinski definition) is 2. The summed E-state index contributed by atoms with van der Waals surface area (Å²) in [6.07, 6.45) is 1.53. The minimum absolute atomic E-state index is 0.0173. The van der Waals surface area contributed by atoms with Gasteiger partial charge in [-0.2, -0.15) is 0 Å². The topological polar surface area (TPSA) is 84.5 Å². The van der Waals surface area contributed by atoms with Crippen LogP contribution in [-0.2, 0) is 14.8 Å². The van der Waals surface area contributed by atoms with Crippen LogP contribution in [0.1, 0.15) is 12.0 Å². The Morgan fingerprint density at radius 3 is 2.40 bits per heavy atom. The number of amides is 1. The molecule has 25 heavy (non-hydrogen) atoms. The molecule has 0 saturated heterocycles. The summed E-state index contributed by atoms with van der Waals surface area (Å²) < 4.78 is 31.1. The van der Waals surface area contributed by atoms with Gasteiger partial charge in [0, 0.05) is 24.1 Å². The first-order valence-corrected chi connectivity index (χ1v) is 9.20. The molecule has 0 heterocycles. The number of nitrogens with one attached hydrogen (secondary N) is 2. The number of carbonyl (C=O) groups excluding carboxylic acids is 1. The van der Waals surface area contributed by atoms with Gasteiger partial charge in [-0.15, -0.1) is 0 Å². The first-order chi connectivity index (χ1) is 12.0. The fraction of sp³-hybridized carbons (Fsp3) is 0.167. The highest BCUT2D eigenvalue weighted by Crippen LogP contribution is 2.15. The molecule has 0 unspecified atom stereocenters. The van der Waals surface area contributed by atoms with Crippen LogP contribution in [-0.4, -0.2) is 28.0 Å². The Kier molecular flexibility index (Phi) is 6.73. The van der Waals surface area contributed by atoms with Gasteiger partial charge in [-0.1, -0.05) is 30.3 Å². The van der Waals surface area contributed by atoms with Crippen LogP contribution < -0.4 is 14.8 Å². The lowest BCUT2D eigenvalue weighted by molar-refractivity contribution is -0.116. The standard InChI is InChI=1S/C18H20N2O4S/c1-24-17-9-7-16(8-10-17)20-18(21)11-13-19-25(22,23)14-12-15-5-3-2-4-6-15/h2-10,12,14,19H,11,13H2,1H3,(H,20,21)/b14-12+. The van der Waals surface area contributed by atoms with Crippen LogP contribution in [0.15, 0.2) is 60.0 Å². The number of sulfonamides is 1. The predicted octanol–water partition coefficient (Wildman–Crippen LogP) is 2.61. The smallest absolute Gasteiger partial charge is 0.233 e. The predicted molar refractivity (Wildman–Crippen MR) is 98.6 cm³/mol. The van der Waals surface area contributed by atoms with Crippen molar-refractivity contribution in [2.45, 2.75) is 6.42 Å². The highest BCUT2D eigenvalue weighted by Gasteiger charge is 2.07. The van der Waals surface area contributed by atoms with Crippen molar-refractivity contribution in [2.24, 2.45) is 0 Å². The summed E-state index contributed by atoms with van der Waals surface area (Å²) >= 11 is 0. The summed E-state index contributed by atoms with van der Waals surface area (Å²) in [5.74, 6) is 0.413. The van der Waals surface area contributed by atoms with Crippen molar-refractivity contribution in [3.8, 4) is 5.75 Å². The molecule has 0 fully saturated rings. The summed E-state index contributed by atoms with van der Waals surface area (Å²) in [6.45, 7) is 0.0173. The summed E-state index contributed by atoms with van der Waals surface area (Å²) in [6, 6.07) is 16.0. The number of rotatable bonds is 8. The first kappa shape index (κ1) is 18.7. The van der Waals surface area contributed by atoms with E-state index in [1.54, 1.807) is 43.5 Å². The molecule has 0 aliphatic carbocycles. The highest BCUT2D eigenvalue weighted by molar-refractivity contribution is 7.92. The molecule has 2 aromatic carbocycles. The molecular formula is C18H20N2O4S.